The fourth-order valence-corrected chi connectivity index (χ4v) is 3.77. The molecule has 1 aliphatic rings. The van der Waals surface area contributed by atoms with Crippen molar-refractivity contribution < 1.29 is 19.1 Å². The number of pyridine rings is 1. The number of halogens is 1. The summed E-state index contributed by atoms with van der Waals surface area (Å²) in [5.74, 6) is 1.07. The van der Waals surface area contributed by atoms with Crippen molar-refractivity contribution in [2.75, 3.05) is 18.6 Å². The van der Waals surface area contributed by atoms with Crippen molar-refractivity contribution in [1.29, 1.82) is 0 Å². The fourth-order valence-electron chi connectivity index (χ4n) is 3.64. The minimum atomic E-state index is -0.184. The Kier molecular flexibility index (Phi) is 7.10. The third-order valence-corrected chi connectivity index (χ3v) is 5.62. The van der Waals surface area contributed by atoms with E-state index in [9.17, 15) is 9.59 Å². The van der Waals surface area contributed by atoms with E-state index in [4.69, 9.17) is 21.1 Å². The predicted octanol–water partition coefficient (Wildman–Crippen LogP) is 4.52. The van der Waals surface area contributed by atoms with Crippen LogP contribution in [0.1, 0.15) is 24.0 Å². The summed E-state index contributed by atoms with van der Waals surface area (Å²) >= 11 is 5.89. The van der Waals surface area contributed by atoms with Crippen molar-refractivity contribution in [2.45, 2.75) is 25.8 Å². The van der Waals surface area contributed by atoms with Crippen molar-refractivity contribution in [2.24, 2.45) is 0 Å². The molecule has 1 aromatic heterocycles. The lowest BCUT2D eigenvalue weighted by molar-refractivity contribution is -0.125. The Balaban J connectivity index is 1.39. The number of ether oxygens (including phenoxy) is 2. The zero-order chi connectivity index (χ0) is 23.2. The highest BCUT2D eigenvalue weighted by atomic mass is 35.5. The number of nitrogens with zero attached hydrogens (tertiary/aromatic N) is 2. The maximum Gasteiger partial charge on any atom is 0.243 e. The summed E-state index contributed by atoms with van der Waals surface area (Å²) in [5, 5.41) is 3.55. The van der Waals surface area contributed by atoms with E-state index in [0.29, 0.717) is 47.6 Å². The monoisotopic (exact) mass is 465 g/mol. The summed E-state index contributed by atoms with van der Waals surface area (Å²) in [5.41, 5.74) is 2.44. The number of para-hydroxylation sites is 1. The van der Waals surface area contributed by atoms with Gasteiger partial charge in [-0.3, -0.25) is 9.59 Å². The molecule has 0 fully saturated rings. The van der Waals surface area contributed by atoms with Gasteiger partial charge < -0.3 is 19.7 Å². The number of benzene rings is 2. The van der Waals surface area contributed by atoms with Gasteiger partial charge in [-0.1, -0.05) is 35.9 Å². The van der Waals surface area contributed by atoms with Gasteiger partial charge in [0.25, 0.3) is 0 Å². The number of nitrogens with one attached hydrogen (secondary N) is 1. The van der Waals surface area contributed by atoms with E-state index < -0.39 is 0 Å². The molecular weight excluding hydrogens is 442 g/mol. The zero-order valence-corrected chi connectivity index (χ0v) is 19.0. The zero-order valence-electron chi connectivity index (χ0n) is 18.2. The van der Waals surface area contributed by atoms with E-state index in [1.54, 1.807) is 36.4 Å². The maximum atomic E-state index is 13.1. The molecule has 0 aliphatic carbocycles. The van der Waals surface area contributed by atoms with Crippen molar-refractivity contribution in [1.82, 2.24) is 10.3 Å². The van der Waals surface area contributed by atoms with Crippen LogP contribution in [0.3, 0.4) is 0 Å². The van der Waals surface area contributed by atoms with Crippen molar-refractivity contribution in [3.63, 3.8) is 0 Å². The first-order valence-corrected chi connectivity index (χ1v) is 11.0. The number of hydrogen-bond acceptors (Lipinski definition) is 5. The minimum Gasteiger partial charge on any atom is -0.493 e. The molecule has 1 aliphatic heterocycles. The molecule has 1 N–H and O–H groups in total. The van der Waals surface area contributed by atoms with Gasteiger partial charge in [-0.2, -0.15) is 0 Å². The number of carbonyl (C=O) groups excluding carboxylic acids is 2. The van der Waals surface area contributed by atoms with Crippen molar-refractivity contribution in [3.8, 4) is 17.4 Å². The van der Waals surface area contributed by atoms with Gasteiger partial charge >= 0.3 is 0 Å². The molecule has 0 atom stereocenters. The summed E-state index contributed by atoms with van der Waals surface area (Å²) in [4.78, 5) is 31.3. The van der Waals surface area contributed by atoms with Crippen LogP contribution in [0.4, 0.5) is 5.69 Å². The lowest BCUT2D eigenvalue weighted by atomic mass is 10.1. The Labute approximate surface area is 197 Å². The molecule has 0 spiro atoms. The SMILES string of the molecule is COc1cccc2c1Oc1ncccc1N(C(=O)CCC(=O)NCCc1ccc(Cl)cc1)C2. The highest BCUT2D eigenvalue weighted by Crippen LogP contribution is 2.42. The van der Waals surface area contributed by atoms with Crippen LogP contribution in [-0.4, -0.2) is 30.5 Å². The number of amides is 2. The number of rotatable bonds is 7. The molecule has 4 rings (SSSR count). The van der Waals surface area contributed by atoms with E-state index >= 15 is 0 Å². The Hall–Kier alpha value is -3.58. The first-order valence-electron chi connectivity index (χ1n) is 10.7. The molecule has 0 saturated carbocycles. The van der Waals surface area contributed by atoms with Crippen LogP contribution in [0.5, 0.6) is 17.4 Å². The van der Waals surface area contributed by atoms with Gasteiger partial charge in [0.2, 0.25) is 17.7 Å². The quantitative estimate of drug-likeness (QED) is 0.554. The number of hydrogen-bond donors (Lipinski definition) is 1. The first-order chi connectivity index (χ1) is 16.0. The number of methoxy groups -OCH3 is 1. The molecule has 2 amide bonds. The van der Waals surface area contributed by atoms with Crippen molar-refractivity contribution in [3.05, 3.63) is 76.9 Å². The van der Waals surface area contributed by atoms with E-state index in [2.05, 4.69) is 10.3 Å². The van der Waals surface area contributed by atoms with E-state index in [1.165, 1.54) is 0 Å². The molecule has 7 nitrogen and oxygen atoms in total. The van der Waals surface area contributed by atoms with Gasteiger partial charge in [0.05, 0.1) is 13.7 Å². The van der Waals surface area contributed by atoms with E-state index in [1.807, 2.05) is 36.4 Å². The summed E-state index contributed by atoms with van der Waals surface area (Å²) < 4.78 is 11.4. The molecule has 0 saturated heterocycles. The fraction of sp³-hybridized carbons (Fsp3) is 0.240. The number of aromatic nitrogens is 1. The molecule has 3 aromatic rings. The number of fused-ring (bicyclic) bond motifs is 2. The van der Waals surface area contributed by atoms with Gasteiger partial charge in [0.1, 0.15) is 5.69 Å². The van der Waals surface area contributed by atoms with Crippen LogP contribution >= 0.6 is 11.6 Å². The molecule has 8 heteroatoms. The average molecular weight is 466 g/mol. The predicted molar refractivity (Wildman–Crippen MR) is 126 cm³/mol. The van der Waals surface area contributed by atoms with Crippen LogP contribution in [0, 0.1) is 0 Å². The third-order valence-electron chi connectivity index (χ3n) is 5.37. The number of carbonyl (C=O) groups is 2. The summed E-state index contributed by atoms with van der Waals surface area (Å²) in [6, 6.07) is 16.6. The molecule has 0 bridgehead atoms. The second-order valence-electron chi connectivity index (χ2n) is 7.58. The van der Waals surface area contributed by atoms with Gasteiger partial charge in [0.15, 0.2) is 11.5 Å². The maximum absolute atomic E-state index is 13.1. The molecule has 0 radical (unpaired) electrons. The minimum absolute atomic E-state index is 0.0699. The Morgan fingerprint density at radius 1 is 1.12 bits per heavy atom. The lowest BCUT2D eigenvalue weighted by Crippen LogP contribution is -2.32. The van der Waals surface area contributed by atoms with Crippen LogP contribution in [-0.2, 0) is 22.6 Å². The van der Waals surface area contributed by atoms with Crippen LogP contribution in [0.25, 0.3) is 0 Å². The largest absolute Gasteiger partial charge is 0.493 e. The normalized spacial score (nSPS) is 12.1. The molecule has 2 heterocycles. The molecule has 2 aromatic carbocycles. The number of anilines is 1. The second-order valence-corrected chi connectivity index (χ2v) is 8.02. The Morgan fingerprint density at radius 3 is 2.73 bits per heavy atom. The smallest absolute Gasteiger partial charge is 0.243 e. The summed E-state index contributed by atoms with van der Waals surface area (Å²) in [6.07, 6.45) is 2.46. The summed E-state index contributed by atoms with van der Waals surface area (Å²) in [7, 11) is 1.57. The van der Waals surface area contributed by atoms with E-state index in [-0.39, 0.29) is 24.7 Å². The highest BCUT2D eigenvalue weighted by Gasteiger charge is 2.28. The van der Waals surface area contributed by atoms with E-state index in [0.717, 1.165) is 11.1 Å². The third kappa shape index (κ3) is 5.43. The molecule has 33 heavy (non-hydrogen) atoms. The van der Waals surface area contributed by atoms with Gasteiger partial charge in [-0.05, 0) is 42.3 Å². The molecule has 170 valence electrons. The van der Waals surface area contributed by atoms with Crippen LogP contribution < -0.4 is 19.7 Å². The van der Waals surface area contributed by atoms with Gasteiger partial charge in [-0.15, -0.1) is 0 Å². The first kappa shape index (κ1) is 22.6. The average Bonchev–Trinajstić information content (AvgIpc) is 3.00. The van der Waals surface area contributed by atoms with Crippen LogP contribution in [0.15, 0.2) is 60.8 Å². The standard InChI is InChI=1S/C25H24ClN3O4/c1-32-21-6-2-4-18-16-29(20-5-3-14-28-25(20)33-24(18)21)23(31)12-11-22(30)27-15-13-17-7-9-19(26)10-8-17/h2-10,14H,11-13,15-16H2,1H3,(H,27,30). The van der Waals surface area contributed by atoms with Gasteiger partial charge in [0, 0.05) is 36.2 Å². The Morgan fingerprint density at radius 2 is 1.94 bits per heavy atom. The van der Waals surface area contributed by atoms with Gasteiger partial charge in [-0.25, -0.2) is 4.98 Å². The van der Waals surface area contributed by atoms with Crippen molar-refractivity contribution >= 4 is 29.1 Å². The topological polar surface area (TPSA) is 80.8 Å². The summed E-state index contributed by atoms with van der Waals surface area (Å²) in [6.45, 7) is 0.786. The van der Waals surface area contributed by atoms with Crippen LogP contribution in [0.2, 0.25) is 5.02 Å². The lowest BCUT2D eigenvalue weighted by Gasteiger charge is -2.21. The second kappa shape index (κ2) is 10.4. The molecule has 0 unspecified atom stereocenters. The molecular formula is C25H24ClN3O4. The Bertz CT molecular complexity index is 1150. The highest BCUT2D eigenvalue weighted by molar-refractivity contribution is 6.30.